The molecule has 466 valence electrons. The number of furan rings is 2. The molecule has 0 saturated carbocycles. The highest BCUT2D eigenvalue weighted by Gasteiger charge is 2.49. The first-order chi connectivity index (χ1) is 49.6. The summed E-state index contributed by atoms with van der Waals surface area (Å²) >= 11 is 0. The van der Waals surface area contributed by atoms with Crippen LogP contribution < -0.4 is 61.9 Å². The lowest BCUT2D eigenvalue weighted by Gasteiger charge is -2.44. The number of anilines is 12. The first kappa shape index (κ1) is 56.0. The van der Waals surface area contributed by atoms with E-state index >= 15 is 0 Å². The van der Waals surface area contributed by atoms with E-state index in [0.29, 0.717) is 0 Å². The molecule has 0 radical (unpaired) electrons. The molecule has 0 N–H and O–H groups in total. The SMILES string of the molecule is c1ccc(-c2ccc3oc4ccc5c(c4c3c2)Oc2cc(N(c3ccccc3)c3ccccc3)cc3c2B5c2cc4c(cc2N3c2ccccc2)Oc2cc(N(c3ccccc3)c3ccccc3)cc3c2B4c2ccc4oc5ccc(-c6ccccc6)cc5c4c2N3c2ccccc2)cc1. The van der Waals surface area contributed by atoms with Crippen molar-refractivity contribution in [3.8, 4) is 45.3 Å². The molecular formula is C90H56B2N4O4. The molecule has 8 nitrogen and oxygen atoms in total. The van der Waals surface area contributed by atoms with Crippen LogP contribution in [0.4, 0.5) is 68.2 Å². The fourth-order valence-corrected chi connectivity index (χ4v) is 16.4. The predicted octanol–water partition coefficient (Wildman–Crippen LogP) is 20.6. The summed E-state index contributed by atoms with van der Waals surface area (Å²) in [6.45, 7) is -0.683. The van der Waals surface area contributed by atoms with Gasteiger partial charge in [0, 0.05) is 80.2 Å². The molecule has 0 saturated heterocycles. The second-order valence-corrected chi connectivity index (χ2v) is 26.2. The van der Waals surface area contributed by atoms with E-state index in [1.165, 1.54) is 0 Å². The van der Waals surface area contributed by atoms with Crippen LogP contribution in [-0.4, -0.2) is 13.4 Å². The van der Waals surface area contributed by atoms with Crippen molar-refractivity contribution >= 4 is 158 Å². The molecule has 0 aliphatic carbocycles. The summed E-state index contributed by atoms with van der Waals surface area (Å²) in [4.78, 5) is 9.60. The standard InChI is InChI=1S/C90H56B2N4O4/c1-9-25-57(26-10-1)59-41-45-78-69(49-59)85-80(97-78)47-43-71-89(85)96(66-39-23-8-24-40-66)77-52-68(94(63-33-17-5-18-34-63)64-35-19-6-20-36-64)53-83-88(77)91(71)74-55-73-75(56-82(74)99-83)95(65-37-21-7-22-38-65)76-51-67(93(61-29-13-3-14-30-61)62-31-15-4-16-32-62)54-84-87(76)92(73)72-44-48-81-86(90(72)100-84)70-50-60(42-46-79(70)98-81)58-27-11-2-12-28-58/h1-56H. The maximum Gasteiger partial charge on any atom is 0.256 e. The van der Waals surface area contributed by atoms with E-state index in [-0.39, 0.29) is 13.4 Å². The van der Waals surface area contributed by atoms with Crippen molar-refractivity contribution in [1.29, 1.82) is 0 Å². The number of para-hydroxylation sites is 6. The van der Waals surface area contributed by atoms with Crippen molar-refractivity contribution in [2.75, 3.05) is 19.6 Å². The number of benzene rings is 15. The van der Waals surface area contributed by atoms with Crippen molar-refractivity contribution < 1.29 is 18.3 Å². The molecule has 10 heteroatoms. The van der Waals surface area contributed by atoms with Gasteiger partial charge in [0.05, 0.1) is 27.8 Å². The molecule has 0 unspecified atom stereocenters. The van der Waals surface area contributed by atoms with Gasteiger partial charge in [0.25, 0.3) is 13.4 Å². The maximum absolute atomic E-state index is 7.88. The minimum atomic E-state index is -0.342. The summed E-state index contributed by atoms with van der Waals surface area (Å²) in [7, 11) is 0. The van der Waals surface area contributed by atoms with Gasteiger partial charge in [0.15, 0.2) is 0 Å². The highest BCUT2D eigenvalue weighted by Crippen LogP contribution is 2.53. The third-order valence-corrected chi connectivity index (χ3v) is 20.6. The van der Waals surface area contributed by atoms with Gasteiger partial charge in [-0.2, -0.15) is 0 Å². The van der Waals surface area contributed by atoms with E-state index in [1.807, 2.05) is 0 Å². The van der Waals surface area contributed by atoms with Crippen LogP contribution in [0.5, 0.6) is 23.0 Å². The molecule has 0 bridgehead atoms. The van der Waals surface area contributed by atoms with Gasteiger partial charge in [0.2, 0.25) is 0 Å². The highest BCUT2D eigenvalue weighted by atomic mass is 16.5. The Morgan fingerprint density at radius 1 is 0.260 bits per heavy atom. The van der Waals surface area contributed by atoms with Gasteiger partial charge in [-0.3, -0.25) is 0 Å². The van der Waals surface area contributed by atoms with E-state index < -0.39 is 0 Å². The quantitative estimate of drug-likeness (QED) is 0.126. The molecule has 4 aliphatic heterocycles. The lowest BCUT2D eigenvalue weighted by molar-refractivity contribution is 0.488. The fourth-order valence-electron chi connectivity index (χ4n) is 16.4. The Morgan fingerprint density at radius 3 is 1.18 bits per heavy atom. The van der Waals surface area contributed by atoms with Gasteiger partial charge < -0.3 is 37.9 Å². The molecule has 0 spiro atoms. The molecule has 17 aromatic rings. The number of fused-ring (bicyclic) bond motifs is 16. The molecule has 6 heterocycles. The number of hydrogen-bond donors (Lipinski definition) is 0. The van der Waals surface area contributed by atoms with Crippen LogP contribution in [0.25, 0.3) is 66.1 Å². The van der Waals surface area contributed by atoms with Crippen molar-refractivity contribution in [2.24, 2.45) is 0 Å². The smallest absolute Gasteiger partial charge is 0.256 e. The van der Waals surface area contributed by atoms with Crippen LogP contribution in [-0.2, 0) is 0 Å². The van der Waals surface area contributed by atoms with Gasteiger partial charge in [0.1, 0.15) is 45.3 Å². The second kappa shape index (κ2) is 22.2. The van der Waals surface area contributed by atoms with Gasteiger partial charge in [-0.05, 0) is 176 Å². The number of rotatable bonds is 10. The zero-order chi connectivity index (χ0) is 65.5. The van der Waals surface area contributed by atoms with Gasteiger partial charge in [-0.15, -0.1) is 0 Å². The zero-order valence-corrected chi connectivity index (χ0v) is 53.9. The van der Waals surface area contributed by atoms with E-state index in [2.05, 4.69) is 359 Å². The molecule has 100 heavy (non-hydrogen) atoms. The monoisotopic (exact) mass is 1280 g/mol. The average molecular weight is 1280 g/mol. The van der Waals surface area contributed by atoms with Crippen molar-refractivity contribution in [1.82, 2.24) is 0 Å². The Morgan fingerprint density at radius 2 is 0.670 bits per heavy atom. The maximum atomic E-state index is 7.88. The fraction of sp³-hybridized carbons (Fsp3) is 0. The zero-order valence-electron chi connectivity index (χ0n) is 53.9. The van der Waals surface area contributed by atoms with Crippen molar-refractivity contribution in [2.45, 2.75) is 0 Å². The minimum Gasteiger partial charge on any atom is -0.458 e. The van der Waals surface area contributed by atoms with Crippen molar-refractivity contribution in [3.63, 3.8) is 0 Å². The first-order valence-electron chi connectivity index (χ1n) is 34.1. The molecule has 0 fully saturated rings. The number of ether oxygens (including phenoxy) is 2. The molecule has 4 aliphatic rings. The van der Waals surface area contributed by atoms with E-state index in [4.69, 9.17) is 18.3 Å². The lowest BCUT2D eigenvalue weighted by atomic mass is 9.31. The summed E-state index contributed by atoms with van der Waals surface area (Å²) in [6.07, 6.45) is 0. The minimum absolute atomic E-state index is 0.341. The topological polar surface area (TPSA) is 57.7 Å². The largest absolute Gasteiger partial charge is 0.458 e. The Labute approximate surface area is 577 Å². The molecule has 21 rings (SSSR count). The van der Waals surface area contributed by atoms with Crippen LogP contribution in [0.3, 0.4) is 0 Å². The van der Waals surface area contributed by atoms with Crippen molar-refractivity contribution in [3.05, 3.63) is 340 Å². The molecular weight excluding hydrogens is 1220 g/mol. The third kappa shape index (κ3) is 8.63. The average Bonchev–Trinajstić information content (AvgIpc) is 0.895. The molecule has 0 atom stereocenters. The Hall–Kier alpha value is -13.2. The summed E-state index contributed by atoms with van der Waals surface area (Å²) < 4.78 is 29.6. The molecule has 2 aromatic heterocycles. The van der Waals surface area contributed by atoms with Gasteiger partial charge >= 0.3 is 0 Å². The third-order valence-electron chi connectivity index (χ3n) is 20.6. The highest BCUT2D eigenvalue weighted by molar-refractivity contribution is 7.02. The Bertz CT molecular complexity index is 6040. The van der Waals surface area contributed by atoms with E-state index in [0.717, 1.165) is 190 Å². The van der Waals surface area contributed by atoms with Crippen LogP contribution in [0, 0.1) is 0 Å². The van der Waals surface area contributed by atoms with E-state index in [1.54, 1.807) is 0 Å². The normalized spacial score (nSPS) is 12.9. The van der Waals surface area contributed by atoms with E-state index in [9.17, 15) is 0 Å². The summed E-state index contributed by atoms with van der Waals surface area (Å²) in [6, 6.07) is 122. The Balaban J connectivity index is 0.869. The van der Waals surface area contributed by atoms with Gasteiger partial charge in [-0.1, -0.05) is 200 Å². The van der Waals surface area contributed by atoms with Crippen LogP contribution in [0.1, 0.15) is 0 Å². The Kier molecular flexibility index (Phi) is 12.4. The summed E-state index contributed by atoms with van der Waals surface area (Å²) in [5, 5.41) is 3.99. The first-order valence-corrected chi connectivity index (χ1v) is 34.1. The van der Waals surface area contributed by atoms with Crippen LogP contribution >= 0.6 is 0 Å². The number of nitrogens with zero attached hydrogens (tertiary/aromatic N) is 4. The molecule has 0 amide bonds. The van der Waals surface area contributed by atoms with Crippen LogP contribution in [0.2, 0.25) is 0 Å². The van der Waals surface area contributed by atoms with Crippen LogP contribution in [0.15, 0.2) is 349 Å². The summed E-state index contributed by atoms with van der Waals surface area (Å²) in [5.74, 6) is 3.07. The summed E-state index contributed by atoms with van der Waals surface area (Å²) in [5.41, 5.74) is 26.1. The molecule has 15 aromatic carbocycles. The number of hydrogen-bond acceptors (Lipinski definition) is 8. The van der Waals surface area contributed by atoms with Gasteiger partial charge in [-0.25, -0.2) is 0 Å². The second-order valence-electron chi connectivity index (χ2n) is 26.2. The lowest BCUT2D eigenvalue weighted by Crippen LogP contribution is -2.63. The predicted molar refractivity (Wildman–Crippen MR) is 413 cm³/mol.